The fourth-order valence-electron chi connectivity index (χ4n) is 3.48. The summed E-state index contributed by atoms with van der Waals surface area (Å²) in [5, 5.41) is 0. The van der Waals surface area contributed by atoms with Crippen LogP contribution in [-0.2, 0) is 9.59 Å². The summed E-state index contributed by atoms with van der Waals surface area (Å²) < 4.78 is 21.1. The lowest BCUT2D eigenvalue weighted by molar-refractivity contribution is -0.134. The Balaban J connectivity index is 1.32. The third kappa shape index (κ3) is 7.77. The van der Waals surface area contributed by atoms with Crippen LogP contribution in [0.2, 0.25) is 0 Å². The first-order chi connectivity index (χ1) is 19.7. The molecule has 0 unspecified atom stereocenters. The molecule has 0 aliphatic rings. The van der Waals surface area contributed by atoms with Gasteiger partial charge in [0.25, 0.3) is 0 Å². The van der Waals surface area contributed by atoms with Gasteiger partial charge >= 0.3 is 23.9 Å². The molecule has 0 fully saturated rings. The van der Waals surface area contributed by atoms with Crippen LogP contribution in [0, 0.1) is 0 Å². The van der Waals surface area contributed by atoms with Crippen molar-refractivity contribution in [2.75, 3.05) is 0 Å². The summed E-state index contributed by atoms with van der Waals surface area (Å²) in [6.45, 7) is 6.83. The molecule has 8 nitrogen and oxygen atoms in total. The van der Waals surface area contributed by atoms with Gasteiger partial charge in [-0.3, -0.25) is 4.79 Å². The molecule has 41 heavy (non-hydrogen) atoms. The fourth-order valence-corrected chi connectivity index (χ4v) is 3.48. The van der Waals surface area contributed by atoms with Gasteiger partial charge in [-0.1, -0.05) is 37.8 Å². The minimum absolute atomic E-state index is 0.252. The minimum Gasteiger partial charge on any atom is -0.427 e. The molecular weight excluding hydrogens is 524 g/mol. The Morgan fingerprint density at radius 1 is 0.537 bits per heavy atom. The van der Waals surface area contributed by atoms with Gasteiger partial charge in [0.15, 0.2) is 0 Å². The Morgan fingerprint density at radius 3 is 1.32 bits per heavy atom. The number of hydrogen-bond donors (Lipinski definition) is 0. The number of rotatable bonds is 9. The number of ether oxygens (including phenoxy) is 4. The molecule has 0 N–H and O–H groups in total. The normalized spacial score (nSPS) is 10.3. The molecule has 0 amide bonds. The molecule has 4 aromatic rings. The van der Waals surface area contributed by atoms with Crippen LogP contribution in [0.15, 0.2) is 109 Å². The summed E-state index contributed by atoms with van der Waals surface area (Å²) in [6.07, 6.45) is 0.252. The van der Waals surface area contributed by atoms with Crippen LogP contribution in [-0.4, -0.2) is 23.9 Å². The van der Waals surface area contributed by atoms with E-state index in [1.165, 1.54) is 48.5 Å². The predicted octanol–water partition coefficient (Wildman–Crippen LogP) is 6.59. The molecule has 0 aliphatic heterocycles. The van der Waals surface area contributed by atoms with Gasteiger partial charge in [0, 0.05) is 12.0 Å². The topological polar surface area (TPSA) is 105 Å². The summed E-state index contributed by atoms with van der Waals surface area (Å²) in [5.41, 5.74) is 2.65. The molecule has 4 aromatic carbocycles. The first kappa shape index (κ1) is 28.5. The quantitative estimate of drug-likeness (QED) is 0.131. The van der Waals surface area contributed by atoms with Crippen molar-refractivity contribution in [3.63, 3.8) is 0 Å². The standard InChI is InChI=1S/C33H26O8/c1-4-30(34)38-26-17-19-29(20-18-26)41-33(37)25-11-15-28(16-12-25)40-32(36)24-7-5-22(6-8-24)23-9-13-27(14-10-23)39-31(35)21(2)3/h5-20H,2,4H2,1,3H3. The number of benzene rings is 4. The first-order valence-corrected chi connectivity index (χ1v) is 12.6. The van der Waals surface area contributed by atoms with E-state index in [0.717, 1.165) is 11.1 Å². The van der Waals surface area contributed by atoms with Crippen molar-refractivity contribution in [1.82, 2.24) is 0 Å². The van der Waals surface area contributed by atoms with Gasteiger partial charge in [0.05, 0.1) is 11.1 Å². The Hall–Kier alpha value is -5.50. The molecule has 0 saturated carbocycles. The van der Waals surface area contributed by atoms with E-state index < -0.39 is 17.9 Å². The third-order valence-corrected chi connectivity index (χ3v) is 5.72. The second-order valence-electron chi connectivity index (χ2n) is 8.87. The molecule has 0 radical (unpaired) electrons. The summed E-state index contributed by atoms with van der Waals surface area (Å²) in [7, 11) is 0. The van der Waals surface area contributed by atoms with Crippen LogP contribution in [0.4, 0.5) is 0 Å². The van der Waals surface area contributed by atoms with Crippen LogP contribution in [0.5, 0.6) is 23.0 Å². The zero-order valence-corrected chi connectivity index (χ0v) is 22.4. The number of hydrogen-bond acceptors (Lipinski definition) is 8. The number of carbonyl (C=O) groups is 4. The maximum Gasteiger partial charge on any atom is 0.343 e. The van der Waals surface area contributed by atoms with Crippen molar-refractivity contribution in [1.29, 1.82) is 0 Å². The first-order valence-electron chi connectivity index (χ1n) is 12.6. The molecule has 0 heterocycles. The summed E-state index contributed by atoms with van der Waals surface area (Å²) in [4.78, 5) is 48.1. The van der Waals surface area contributed by atoms with E-state index in [4.69, 9.17) is 18.9 Å². The van der Waals surface area contributed by atoms with E-state index in [9.17, 15) is 19.2 Å². The summed E-state index contributed by atoms with van der Waals surface area (Å²) >= 11 is 0. The van der Waals surface area contributed by atoms with Crippen LogP contribution in [0.25, 0.3) is 11.1 Å². The maximum atomic E-state index is 12.6. The van der Waals surface area contributed by atoms with Gasteiger partial charge in [-0.2, -0.15) is 0 Å². The Morgan fingerprint density at radius 2 is 0.878 bits per heavy atom. The maximum absolute atomic E-state index is 12.6. The van der Waals surface area contributed by atoms with Crippen molar-refractivity contribution < 1.29 is 38.1 Å². The van der Waals surface area contributed by atoms with Crippen molar-refractivity contribution in [3.05, 3.63) is 120 Å². The van der Waals surface area contributed by atoms with E-state index in [0.29, 0.717) is 22.6 Å². The third-order valence-electron chi connectivity index (χ3n) is 5.72. The summed E-state index contributed by atoms with van der Waals surface area (Å²) in [5.74, 6) is -0.696. The van der Waals surface area contributed by atoms with Crippen LogP contribution >= 0.6 is 0 Å². The van der Waals surface area contributed by atoms with Gasteiger partial charge in [0.1, 0.15) is 23.0 Å². The largest absolute Gasteiger partial charge is 0.427 e. The van der Waals surface area contributed by atoms with Crippen LogP contribution in [0.3, 0.4) is 0 Å². The predicted molar refractivity (Wildman–Crippen MR) is 151 cm³/mol. The second-order valence-corrected chi connectivity index (χ2v) is 8.87. The monoisotopic (exact) mass is 550 g/mol. The Kier molecular flexibility index (Phi) is 9.06. The molecule has 0 saturated heterocycles. The zero-order valence-electron chi connectivity index (χ0n) is 22.4. The lowest BCUT2D eigenvalue weighted by atomic mass is 10.0. The lowest BCUT2D eigenvalue weighted by Crippen LogP contribution is -2.10. The SMILES string of the molecule is C=C(C)C(=O)Oc1ccc(-c2ccc(C(=O)Oc3ccc(C(=O)Oc4ccc(OC(=O)CC)cc4)cc3)cc2)cc1. The molecule has 206 valence electrons. The van der Waals surface area contributed by atoms with E-state index >= 15 is 0 Å². The molecule has 4 rings (SSSR count). The molecule has 0 atom stereocenters. The van der Waals surface area contributed by atoms with E-state index in [2.05, 4.69) is 6.58 Å². The number of esters is 4. The highest BCUT2D eigenvalue weighted by atomic mass is 16.5. The average molecular weight is 551 g/mol. The highest BCUT2D eigenvalue weighted by Crippen LogP contribution is 2.24. The van der Waals surface area contributed by atoms with Gasteiger partial charge in [0.2, 0.25) is 0 Å². The molecule has 0 aliphatic carbocycles. The van der Waals surface area contributed by atoms with Crippen LogP contribution in [0.1, 0.15) is 41.0 Å². The highest BCUT2D eigenvalue weighted by Gasteiger charge is 2.13. The van der Waals surface area contributed by atoms with E-state index in [-0.39, 0.29) is 29.5 Å². The van der Waals surface area contributed by atoms with Gasteiger partial charge in [-0.15, -0.1) is 0 Å². The Labute approximate surface area is 236 Å². The molecule has 0 bridgehead atoms. The number of carbonyl (C=O) groups excluding carboxylic acids is 4. The molecule has 8 heteroatoms. The van der Waals surface area contributed by atoms with Gasteiger partial charge in [-0.05, 0) is 90.8 Å². The minimum atomic E-state index is -0.598. The van der Waals surface area contributed by atoms with Gasteiger partial charge < -0.3 is 18.9 Å². The molecule has 0 spiro atoms. The fraction of sp³-hybridized carbons (Fsp3) is 0.0909. The van der Waals surface area contributed by atoms with Crippen molar-refractivity contribution in [2.45, 2.75) is 20.3 Å². The van der Waals surface area contributed by atoms with Crippen LogP contribution < -0.4 is 18.9 Å². The summed E-state index contributed by atoms with van der Waals surface area (Å²) in [6, 6.07) is 25.9. The Bertz CT molecular complexity index is 1570. The zero-order chi connectivity index (χ0) is 29.4. The van der Waals surface area contributed by atoms with E-state index in [1.54, 1.807) is 62.4 Å². The average Bonchev–Trinajstić information content (AvgIpc) is 2.98. The van der Waals surface area contributed by atoms with Gasteiger partial charge in [-0.25, -0.2) is 14.4 Å². The molecule has 0 aromatic heterocycles. The van der Waals surface area contributed by atoms with E-state index in [1.807, 2.05) is 0 Å². The highest BCUT2D eigenvalue weighted by molar-refractivity contribution is 5.93. The van der Waals surface area contributed by atoms with Crippen molar-refractivity contribution in [2.24, 2.45) is 0 Å². The van der Waals surface area contributed by atoms with Crippen molar-refractivity contribution in [3.8, 4) is 34.1 Å². The second kappa shape index (κ2) is 13.0. The smallest absolute Gasteiger partial charge is 0.343 e. The lowest BCUT2D eigenvalue weighted by Gasteiger charge is -2.08. The van der Waals surface area contributed by atoms with Crippen molar-refractivity contribution >= 4 is 23.9 Å². The molecular formula is C33H26O8.